The van der Waals surface area contributed by atoms with Gasteiger partial charge in [0.05, 0.1) is 5.69 Å². The lowest BCUT2D eigenvalue weighted by Gasteiger charge is -2.20. The predicted molar refractivity (Wildman–Crippen MR) is 85.6 cm³/mol. The Morgan fingerprint density at radius 3 is 2.43 bits per heavy atom. The molecular weight excluding hydrogens is 333 g/mol. The van der Waals surface area contributed by atoms with Crippen LogP contribution in [0.4, 0.5) is 0 Å². The van der Waals surface area contributed by atoms with Crippen LogP contribution < -0.4 is 0 Å². The number of nitrogens with zero attached hydrogens (tertiary/aromatic N) is 1. The van der Waals surface area contributed by atoms with Gasteiger partial charge in [0.15, 0.2) is 5.78 Å². The highest BCUT2D eigenvalue weighted by atomic mass is 35.6. The second-order valence-corrected chi connectivity index (χ2v) is 7.96. The maximum Gasteiger partial charge on any atom is 0.255 e. The van der Waals surface area contributed by atoms with E-state index in [2.05, 4.69) is 0 Å². The normalized spacial score (nSPS) is 17.0. The molecule has 0 radical (unpaired) electrons. The monoisotopic (exact) mass is 349 g/mol. The molecule has 0 unspecified atom stereocenters. The molecule has 1 aromatic heterocycles. The maximum absolute atomic E-state index is 12.3. The average Bonchev–Trinajstić information content (AvgIpc) is 2.80. The molecule has 0 amide bonds. The zero-order valence-corrected chi connectivity index (χ0v) is 14.1. The zero-order valence-electron chi connectivity index (χ0n) is 11.9. The lowest BCUT2D eigenvalue weighted by atomic mass is 9.85. The Morgan fingerprint density at radius 1 is 1.24 bits per heavy atom. The lowest BCUT2D eigenvalue weighted by Crippen LogP contribution is -2.21. The summed E-state index contributed by atoms with van der Waals surface area (Å²) in [4.78, 5) is 24.3. The van der Waals surface area contributed by atoms with Gasteiger partial charge < -0.3 is 4.57 Å². The van der Waals surface area contributed by atoms with Gasteiger partial charge in [0.2, 0.25) is 5.78 Å². The van der Waals surface area contributed by atoms with Crippen LogP contribution in [0.3, 0.4) is 0 Å². The topological polar surface area (TPSA) is 39.1 Å². The van der Waals surface area contributed by atoms with Crippen LogP contribution >= 0.6 is 34.8 Å². The zero-order chi connectivity index (χ0) is 15.6. The van der Waals surface area contributed by atoms with Crippen LogP contribution in [0, 0.1) is 5.92 Å². The summed E-state index contributed by atoms with van der Waals surface area (Å²) in [6.45, 7) is 0. The molecule has 1 aromatic rings. The van der Waals surface area contributed by atoms with Gasteiger partial charge in [-0.3, -0.25) is 9.59 Å². The minimum Gasteiger partial charge on any atom is -0.347 e. The van der Waals surface area contributed by atoms with Crippen molar-refractivity contribution < 1.29 is 9.59 Å². The molecule has 1 aliphatic carbocycles. The number of hydrogen-bond acceptors (Lipinski definition) is 2. The van der Waals surface area contributed by atoms with E-state index in [4.69, 9.17) is 34.8 Å². The van der Waals surface area contributed by atoms with Crippen molar-refractivity contribution in [2.24, 2.45) is 13.0 Å². The molecule has 0 saturated heterocycles. The first-order chi connectivity index (χ1) is 9.79. The fourth-order valence-corrected chi connectivity index (χ4v) is 3.15. The lowest BCUT2D eigenvalue weighted by molar-refractivity contribution is 0.0949. The van der Waals surface area contributed by atoms with Crippen LogP contribution in [0.25, 0.3) is 0 Å². The number of rotatable bonds is 4. The molecule has 0 bridgehead atoms. The van der Waals surface area contributed by atoms with Gasteiger partial charge in [0, 0.05) is 25.2 Å². The Kier molecular flexibility index (Phi) is 5.39. The number of aromatic nitrogens is 1. The Morgan fingerprint density at radius 2 is 1.86 bits per heavy atom. The van der Waals surface area contributed by atoms with Crippen LogP contribution in [-0.4, -0.2) is 19.9 Å². The van der Waals surface area contributed by atoms with Gasteiger partial charge in [-0.05, 0) is 12.0 Å². The number of halogens is 3. The third-order valence-corrected chi connectivity index (χ3v) is 4.53. The Hall–Kier alpha value is -0.510. The average molecular weight is 351 g/mol. The fourth-order valence-electron chi connectivity index (χ4n) is 2.86. The quantitative estimate of drug-likeness (QED) is 0.581. The first-order valence-electron chi connectivity index (χ1n) is 7.10. The largest absolute Gasteiger partial charge is 0.347 e. The number of aryl methyl sites for hydroxylation is 1. The highest BCUT2D eigenvalue weighted by molar-refractivity contribution is 6.77. The second kappa shape index (κ2) is 6.72. The van der Waals surface area contributed by atoms with Gasteiger partial charge in [-0.1, -0.05) is 66.9 Å². The molecule has 0 aromatic carbocycles. The van der Waals surface area contributed by atoms with E-state index in [-0.39, 0.29) is 11.5 Å². The third-order valence-electron chi connectivity index (χ3n) is 4.02. The SMILES string of the molecule is Cn1cc(C(=O)CC2CCCCC2)cc1C(=O)C(Cl)(Cl)Cl. The standard InChI is InChI=1S/C15H18Cl3NO2/c1-19-9-11(8-12(19)14(21)15(16,17)18)13(20)7-10-5-3-2-4-6-10/h8-10H,2-7H2,1H3. The smallest absolute Gasteiger partial charge is 0.255 e. The number of carbonyl (C=O) groups is 2. The van der Waals surface area contributed by atoms with Gasteiger partial charge in [-0.15, -0.1) is 0 Å². The van der Waals surface area contributed by atoms with Crippen molar-refractivity contribution in [1.82, 2.24) is 4.57 Å². The molecule has 0 atom stereocenters. The van der Waals surface area contributed by atoms with Crippen molar-refractivity contribution in [2.45, 2.75) is 42.3 Å². The van der Waals surface area contributed by atoms with Crippen molar-refractivity contribution in [3.05, 3.63) is 23.5 Å². The molecule has 1 heterocycles. The molecule has 0 N–H and O–H groups in total. The van der Waals surface area contributed by atoms with E-state index in [1.54, 1.807) is 17.8 Å². The van der Waals surface area contributed by atoms with E-state index in [0.717, 1.165) is 12.8 Å². The van der Waals surface area contributed by atoms with Crippen molar-refractivity contribution in [3.8, 4) is 0 Å². The third kappa shape index (κ3) is 4.24. The van der Waals surface area contributed by atoms with Crippen LogP contribution in [0.5, 0.6) is 0 Å². The van der Waals surface area contributed by atoms with E-state index < -0.39 is 9.58 Å². The number of ketones is 2. The predicted octanol–water partition coefficient (Wildman–Crippen LogP) is 4.73. The summed E-state index contributed by atoms with van der Waals surface area (Å²) in [5.74, 6) is -0.105. The molecule has 21 heavy (non-hydrogen) atoms. The second-order valence-electron chi connectivity index (χ2n) is 5.68. The van der Waals surface area contributed by atoms with Gasteiger partial charge in [-0.25, -0.2) is 0 Å². The van der Waals surface area contributed by atoms with Crippen LogP contribution in [0.1, 0.15) is 59.4 Å². The molecular formula is C15H18Cl3NO2. The highest BCUT2D eigenvalue weighted by Crippen LogP contribution is 2.32. The van der Waals surface area contributed by atoms with E-state index >= 15 is 0 Å². The number of carbonyl (C=O) groups excluding carboxylic acids is 2. The van der Waals surface area contributed by atoms with E-state index in [1.165, 1.54) is 25.3 Å². The van der Waals surface area contributed by atoms with Gasteiger partial charge >= 0.3 is 0 Å². The minimum atomic E-state index is -2.00. The molecule has 0 aliphatic heterocycles. The minimum absolute atomic E-state index is 0.0564. The van der Waals surface area contributed by atoms with Gasteiger partial charge in [-0.2, -0.15) is 0 Å². The molecule has 1 aliphatic rings. The first-order valence-corrected chi connectivity index (χ1v) is 8.23. The summed E-state index contributed by atoms with van der Waals surface area (Å²) < 4.78 is -0.464. The van der Waals surface area contributed by atoms with Gasteiger partial charge in [0.25, 0.3) is 3.79 Å². The molecule has 1 saturated carbocycles. The molecule has 0 spiro atoms. The van der Waals surface area contributed by atoms with Crippen molar-refractivity contribution in [2.75, 3.05) is 0 Å². The number of hydrogen-bond donors (Lipinski definition) is 0. The van der Waals surface area contributed by atoms with E-state index in [9.17, 15) is 9.59 Å². The fraction of sp³-hybridized carbons (Fsp3) is 0.600. The maximum atomic E-state index is 12.3. The highest BCUT2D eigenvalue weighted by Gasteiger charge is 2.34. The molecule has 6 heteroatoms. The van der Waals surface area contributed by atoms with Crippen LogP contribution in [-0.2, 0) is 7.05 Å². The van der Waals surface area contributed by atoms with E-state index in [0.29, 0.717) is 17.9 Å². The molecule has 1 fully saturated rings. The van der Waals surface area contributed by atoms with Crippen LogP contribution in [0.15, 0.2) is 12.3 Å². The summed E-state index contributed by atoms with van der Waals surface area (Å²) in [6.07, 6.45) is 8.04. The van der Waals surface area contributed by atoms with Crippen molar-refractivity contribution in [3.63, 3.8) is 0 Å². The summed E-state index contributed by atoms with van der Waals surface area (Å²) in [7, 11) is 1.67. The summed E-state index contributed by atoms with van der Waals surface area (Å²) >= 11 is 16.9. The van der Waals surface area contributed by atoms with Crippen molar-refractivity contribution >= 4 is 46.4 Å². The van der Waals surface area contributed by atoms with Crippen molar-refractivity contribution in [1.29, 1.82) is 0 Å². The summed E-state index contributed by atoms with van der Waals surface area (Å²) in [5.41, 5.74) is 0.752. The Bertz CT molecular complexity index is 540. The van der Waals surface area contributed by atoms with Crippen LogP contribution in [0.2, 0.25) is 0 Å². The summed E-state index contributed by atoms with van der Waals surface area (Å²) in [5, 5.41) is 0. The van der Waals surface area contributed by atoms with E-state index in [1.807, 2.05) is 0 Å². The number of Topliss-reactive ketones (excluding diaryl/α,β-unsaturated/α-hetero) is 2. The Labute approximate surface area is 139 Å². The van der Waals surface area contributed by atoms with Gasteiger partial charge in [0.1, 0.15) is 0 Å². The Balaban J connectivity index is 2.10. The molecule has 2 rings (SSSR count). The first kappa shape index (κ1) is 16.9. The molecule has 3 nitrogen and oxygen atoms in total. The summed E-state index contributed by atoms with van der Waals surface area (Å²) in [6, 6.07) is 1.52. The molecule has 116 valence electrons. The number of alkyl halides is 3.